The number of aromatic nitrogens is 1. The summed E-state index contributed by atoms with van der Waals surface area (Å²) in [6.45, 7) is 6.53. The van der Waals surface area contributed by atoms with Gasteiger partial charge in [0.2, 0.25) is 0 Å². The summed E-state index contributed by atoms with van der Waals surface area (Å²) in [5.74, 6) is 2.29. The predicted octanol–water partition coefficient (Wildman–Crippen LogP) is 5.12. The molecule has 5 heteroatoms. The molecule has 0 radical (unpaired) electrons. The van der Waals surface area contributed by atoms with Gasteiger partial charge >= 0.3 is 0 Å². The monoisotopic (exact) mass is 387 g/mol. The molecule has 4 nitrogen and oxygen atoms in total. The molecule has 1 N–H and O–H groups in total. The van der Waals surface area contributed by atoms with Crippen molar-refractivity contribution in [2.75, 3.05) is 12.4 Å². The van der Waals surface area contributed by atoms with Gasteiger partial charge in [-0.15, -0.1) is 11.8 Å². The van der Waals surface area contributed by atoms with E-state index in [1.165, 1.54) is 4.90 Å². The number of carbonyl (C=O) groups excluding carboxylic acids is 1. The Morgan fingerprint density at radius 3 is 2.81 bits per heavy atom. The van der Waals surface area contributed by atoms with Gasteiger partial charge in [-0.05, 0) is 68.5 Å². The second kappa shape index (κ2) is 11.0. The third kappa shape index (κ3) is 6.90. The van der Waals surface area contributed by atoms with Gasteiger partial charge in [0.05, 0.1) is 6.61 Å². The van der Waals surface area contributed by atoms with Crippen molar-refractivity contribution in [1.29, 1.82) is 0 Å². The van der Waals surface area contributed by atoms with Crippen LogP contribution in [0.3, 0.4) is 0 Å². The molecule has 1 atom stereocenters. The predicted molar refractivity (Wildman–Crippen MR) is 111 cm³/mol. The first kappa shape index (κ1) is 21.3. The number of pyridine rings is 1. The second-order valence-electron chi connectivity index (χ2n) is 6.95. The third-order valence-electron chi connectivity index (χ3n) is 4.46. The highest BCUT2D eigenvalue weighted by atomic mass is 32.2. The normalized spacial score (nSPS) is 12.0. The highest BCUT2D eigenvalue weighted by Crippen LogP contribution is 2.32. The summed E-state index contributed by atoms with van der Waals surface area (Å²) in [6.07, 6.45) is 6.01. The summed E-state index contributed by atoms with van der Waals surface area (Å²) in [7, 11) is 0. The van der Waals surface area contributed by atoms with Crippen LogP contribution in [0.4, 0.5) is 0 Å². The Morgan fingerprint density at radius 1 is 1.26 bits per heavy atom. The maximum atomic E-state index is 10.6. The van der Waals surface area contributed by atoms with Gasteiger partial charge < -0.3 is 14.6 Å². The summed E-state index contributed by atoms with van der Waals surface area (Å²) in [5.41, 5.74) is 2.69. The van der Waals surface area contributed by atoms with Crippen molar-refractivity contribution in [2.45, 2.75) is 51.3 Å². The van der Waals surface area contributed by atoms with Crippen LogP contribution in [0, 0.1) is 19.8 Å². The van der Waals surface area contributed by atoms with Gasteiger partial charge in [0, 0.05) is 28.8 Å². The molecule has 0 aliphatic carbocycles. The van der Waals surface area contributed by atoms with Crippen LogP contribution in [0.25, 0.3) is 0 Å². The Kier molecular flexibility index (Phi) is 8.65. The lowest BCUT2D eigenvalue weighted by Crippen LogP contribution is -2.03. The highest BCUT2D eigenvalue weighted by Gasteiger charge is 2.12. The molecule has 0 fully saturated rings. The molecule has 0 aliphatic rings. The van der Waals surface area contributed by atoms with E-state index in [2.05, 4.69) is 11.1 Å². The fourth-order valence-corrected chi connectivity index (χ4v) is 3.86. The summed E-state index contributed by atoms with van der Waals surface area (Å²) in [4.78, 5) is 16.1. The number of phenolic OH excluding ortho intramolecular Hbond substituents is 1. The fourth-order valence-electron chi connectivity index (χ4n) is 2.87. The molecule has 27 heavy (non-hydrogen) atoms. The molecule has 1 heterocycles. The SMILES string of the molecule is Cc1cc(SCCCCOc2ccc(CC(C)CC=O)c(O)c2C)ccn1. The molecule has 146 valence electrons. The highest BCUT2D eigenvalue weighted by molar-refractivity contribution is 7.99. The number of phenols is 1. The Hall–Kier alpha value is -2.01. The summed E-state index contributed by atoms with van der Waals surface area (Å²) in [6, 6.07) is 7.97. The average Bonchev–Trinajstić information content (AvgIpc) is 2.64. The lowest BCUT2D eigenvalue weighted by molar-refractivity contribution is -0.108. The van der Waals surface area contributed by atoms with E-state index < -0.39 is 0 Å². The lowest BCUT2D eigenvalue weighted by atomic mass is 9.96. The second-order valence-corrected chi connectivity index (χ2v) is 8.11. The van der Waals surface area contributed by atoms with Crippen molar-refractivity contribution in [3.63, 3.8) is 0 Å². The number of aldehydes is 1. The van der Waals surface area contributed by atoms with Crippen molar-refractivity contribution in [3.8, 4) is 11.5 Å². The Labute approximate surface area is 166 Å². The summed E-state index contributed by atoms with van der Waals surface area (Å²) < 4.78 is 5.86. The number of thioether (sulfide) groups is 1. The number of unbranched alkanes of at least 4 members (excludes halogenated alkanes) is 1. The van der Waals surface area contributed by atoms with Crippen molar-refractivity contribution in [1.82, 2.24) is 4.98 Å². The van der Waals surface area contributed by atoms with Crippen LogP contribution in [0.1, 0.15) is 43.0 Å². The molecule has 0 saturated carbocycles. The quantitative estimate of drug-likeness (QED) is 0.329. The molecule has 0 bridgehead atoms. The van der Waals surface area contributed by atoms with Crippen molar-refractivity contribution < 1.29 is 14.6 Å². The van der Waals surface area contributed by atoms with Gasteiger partial charge in [-0.3, -0.25) is 4.98 Å². The average molecular weight is 388 g/mol. The van der Waals surface area contributed by atoms with E-state index in [0.29, 0.717) is 19.4 Å². The number of hydrogen-bond donors (Lipinski definition) is 1. The fraction of sp³-hybridized carbons (Fsp3) is 0.455. The standard InChI is InChI=1S/C22H29NO3S/c1-16(9-11-24)14-19-6-7-21(18(3)22(19)25)26-12-4-5-13-27-20-8-10-23-17(2)15-20/h6-8,10-11,15-16,25H,4-5,9,12-14H2,1-3H3. The number of benzene rings is 1. The topological polar surface area (TPSA) is 59.4 Å². The molecular weight excluding hydrogens is 358 g/mol. The van der Waals surface area contributed by atoms with E-state index in [9.17, 15) is 9.90 Å². The molecule has 1 aromatic heterocycles. The van der Waals surface area contributed by atoms with E-state index in [1.54, 1.807) is 0 Å². The van der Waals surface area contributed by atoms with Gasteiger partial charge in [0.15, 0.2) is 0 Å². The van der Waals surface area contributed by atoms with Gasteiger partial charge in [0.1, 0.15) is 17.8 Å². The molecule has 0 aliphatic heterocycles. The van der Waals surface area contributed by atoms with Crippen LogP contribution >= 0.6 is 11.8 Å². The van der Waals surface area contributed by atoms with Crippen LogP contribution in [-0.4, -0.2) is 28.7 Å². The zero-order valence-electron chi connectivity index (χ0n) is 16.4. The molecular formula is C22H29NO3S. The van der Waals surface area contributed by atoms with Crippen LogP contribution in [0.15, 0.2) is 35.4 Å². The lowest BCUT2D eigenvalue weighted by Gasteiger charge is -2.15. The number of rotatable bonds is 11. The number of aromatic hydroxyl groups is 1. The Morgan fingerprint density at radius 2 is 2.07 bits per heavy atom. The number of carbonyl (C=O) groups is 1. The zero-order valence-corrected chi connectivity index (χ0v) is 17.2. The molecule has 0 amide bonds. The van der Waals surface area contributed by atoms with E-state index in [0.717, 1.165) is 47.5 Å². The number of ether oxygens (including phenoxy) is 1. The largest absolute Gasteiger partial charge is 0.507 e. The van der Waals surface area contributed by atoms with Gasteiger partial charge in [0.25, 0.3) is 0 Å². The summed E-state index contributed by atoms with van der Waals surface area (Å²) >= 11 is 1.84. The number of aryl methyl sites for hydroxylation is 1. The zero-order chi connectivity index (χ0) is 19.6. The maximum absolute atomic E-state index is 10.6. The molecule has 0 spiro atoms. The first-order valence-electron chi connectivity index (χ1n) is 9.44. The van der Waals surface area contributed by atoms with Crippen LogP contribution in [0.5, 0.6) is 11.5 Å². The Bertz CT molecular complexity index is 748. The van der Waals surface area contributed by atoms with E-state index in [-0.39, 0.29) is 11.7 Å². The molecule has 1 aromatic carbocycles. The van der Waals surface area contributed by atoms with E-state index >= 15 is 0 Å². The van der Waals surface area contributed by atoms with Crippen molar-refractivity contribution in [3.05, 3.63) is 47.3 Å². The Balaban J connectivity index is 1.75. The van der Waals surface area contributed by atoms with Crippen molar-refractivity contribution >= 4 is 18.0 Å². The minimum atomic E-state index is 0.223. The van der Waals surface area contributed by atoms with Gasteiger partial charge in [-0.2, -0.15) is 0 Å². The van der Waals surface area contributed by atoms with Gasteiger partial charge in [-0.1, -0.05) is 13.0 Å². The van der Waals surface area contributed by atoms with Crippen LogP contribution in [-0.2, 0) is 11.2 Å². The molecule has 1 unspecified atom stereocenters. The number of nitrogens with zero attached hydrogens (tertiary/aromatic N) is 1. The maximum Gasteiger partial charge on any atom is 0.125 e. The van der Waals surface area contributed by atoms with Gasteiger partial charge in [-0.25, -0.2) is 0 Å². The third-order valence-corrected chi connectivity index (χ3v) is 5.54. The molecule has 0 saturated heterocycles. The number of hydrogen-bond acceptors (Lipinski definition) is 5. The molecule has 2 aromatic rings. The molecule has 2 rings (SSSR count). The minimum Gasteiger partial charge on any atom is -0.507 e. The van der Waals surface area contributed by atoms with Crippen LogP contribution in [0.2, 0.25) is 0 Å². The van der Waals surface area contributed by atoms with E-state index in [4.69, 9.17) is 4.74 Å². The smallest absolute Gasteiger partial charge is 0.125 e. The summed E-state index contributed by atoms with van der Waals surface area (Å²) in [5, 5.41) is 10.4. The minimum absolute atomic E-state index is 0.223. The first-order valence-corrected chi connectivity index (χ1v) is 10.4. The van der Waals surface area contributed by atoms with Crippen molar-refractivity contribution in [2.24, 2.45) is 5.92 Å². The van der Waals surface area contributed by atoms with Crippen LogP contribution < -0.4 is 4.74 Å². The van der Waals surface area contributed by atoms with E-state index in [1.807, 2.05) is 56.9 Å². The first-order chi connectivity index (χ1) is 13.0.